The first kappa shape index (κ1) is 19.5. The second-order valence-electron chi connectivity index (χ2n) is 5.58. The molecule has 0 aromatic rings. The van der Waals surface area contributed by atoms with Crippen LogP contribution in [-0.4, -0.2) is 34.9 Å². The van der Waals surface area contributed by atoms with Gasteiger partial charge in [0.1, 0.15) is 6.04 Å². The van der Waals surface area contributed by atoms with E-state index in [0.717, 1.165) is 6.42 Å². The van der Waals surface area contributed by atoms with Gasteiger partial charge in [0, 0.05) is 6.42 Å². The van der Waals surface area contributed by atoms with Gasteiger partial charge in [0.25, 0.3) is 0 Å². The van der Waals surface area contributed by atoms with Crippen molar-refractivity contribution in [3.8, 4) is 0 Å². The third-order valence-electron chi connectivity index (χ3n) is 3.00. The lowest BCUT2D eigenvalue weighted by molar-refractivity contribution is -0.145. The maximum Gasteiger partial charge on any atom is 0.334 e. The quantitative estimate of drug-likeness (QED) is 0.207. The zero-order chi connectivity index (χ0) is 16.3. The summed E-state index contributed by atoms with van der Waals surface area (Å²) in [7, 11) is 0. The molecule has 0 aromatic heterocycles. The largest absolute Gasteiger partial charge is 0.465 e. The van der Waals surface area contributed by atoms with E-state index in [1.807, 2.05) is 20.8 Å². The van der Waals surface area contributed by atoms with E-state index < -0.39 is 12.0 Å². The van der Waals surface area contributed by atoms with Crippen molar-refractivity contribution >= 4 is 17.5 Å². The van der Waals surface area contributed by atoms with Gasteiger partial charge in [0.15, 0.2) is 0 Å². The molecule has 0 saturated carbocycles. The Bertz CT molecular complexity index is 388. The van der Waals surface area contributed by atoms with Crippen molar-refractivity contribution in [3.63, 3.8) is 0 Å². The predicted octanol–water partition coefficient (Wildman–Crippen LogP) is 2.11. The molecule has 21 heavy (non-hydrogen) atoms. The molecule has 0 amide bonds. The van der Waals surface area contributed by atoms with Crippen molar-refractivity contribution in [3.05, 3.63) is 5.53 Å². The van der Waals surface area contributed by atoms with Crippen LogP contribution in [0.25, 0.3) is 5.53 Å². The maximum absolute atomic E-state index is 11.7. The lowest BCUT2D eigenvalue weighted by Gasteiger charge is -2.13. The summed E-state index contributed by atoms with van der Waals surface area (Å²) in [5.74, 6) is -0.194. The molecule has 6 heteroatoms. The lowest BCUT2D eigenvalue weighted by Crippen LogP contribution is -2.33. The fraction of sp³-hybridized carbons (Fsp3) is 0.800. The zero-order valence-electron chi connectivity index (χ0n) is 13.3. The molecule has 0 aliphatic rings. The molecule has 0 bridgehead atoms. The summed E-state index contributed by atoms with van der Waals surface area (Å²) in [4.78, 5) is 26.2. The summed E-state index contributed by atoms with van der Waals surface area (Å²) in [5.41, 5.74) is 14.6. The standard InChI is InChI=1S/C15H27N3O3/c1-4-7-13(18-17)14(19)8-5-6-9-21-15(20)12(16)10-11(2)3/h11-12H,4-10,16H2,1-3H3/t12-/m0/s1. The summed E-state index contributed by atoms with van der Waals surface area (Å²) in [6.07, 6.45) is 3.33. The monoisotopic (exact) mass is 297 g/mol. The molecule has 0 aliphatic heterocycles. The third kappa shape index (κ3) is 9.10. The normalized spacial score (nSPS) is 11.9. The predicted molar refractivity (Wildman–Crippen MR) is 80.8 cm³/mol. The number of hydrogen-bond acceptors (Lipinski definition) is 4. The molecule has 0 spiro atoms. The molecule has 2 N–H and O–H groups in total. The van der Waals surface area contributed by atoms with Crippen LogP contribution in [0.2, 0.25) is 0 Å². The Balaban J connectivity index is 3.84. The molecule has 0 saturated heterocycles. The maximum atomic E-state index is 11.7. The molecule has 120 valence electrons. The second kappa shape index (κ2) is 11.2. The van der Waals surface area contributed by atoms with E-state index in [2.05, 4.69) is 4.79 Å². The molecule has 0 rings (SSSR count). The fourth-order valence-electron chi connectivity index (χ4n) is 1.90. The summed E-state index contributed by atoms with van der Waals surface area (Å²) in [5, 5.41) is 0. The number of carbonyl (C=O) groups is 2. The van der Waals surface area contributed by atoms with Crippen molar-refractivity contribution in [2.75, 3.05) is 6.61 Å². The van der Waals surface area contributed by atoms with Crippen LogP contribution in [0.15, 0.2) is 0 Å². The van der Waals surface area contributed by atoms with Crippen molar-refractivity contribution < 1.29 is 19.1 Å². The molecule has 0 aromatic carbocycles. The Morgan fingerprint density at radius 2 is 1.90 bits per heavy atom. The number of ether oxygens (including phenoxy) is 1. The van der Waals surface area contributed by atoms with Crippen molar-refractivity contribution in [1.29, 1.82) is 0 Å². The third-order valence-corrected chi connectivity index (χ3v) is 3.00. The number of hydrogen-bond donors (Lipinski definition) is 1. The minimum Gasteiger partial charge on any atom is -0.465 e. The number of esters is 1. The van der Waals surface area contributed by atoms with Gasteiger partial charge in [-0.15, -0.1) is 0 Å². The number of ketones is 1. The van der Waals surface area contributed by atoms with Crippen LogP contribution in [0.4, 0.5) is 0 Å². The van der Waals surface area contributed by atoms with E-state index in [1.54, 1.807) is 0 Å². The Kier molecular flexibility index (Phi) is 10.4. The molecule has 0 aliphatic carbocycles. The Hall–Kier alpha value is -1.52. The number of carbonyl (C=O) groups excluding carboxylic acids is 2. The van der Waals surface area contributed by atoms with Crippen molar-refractivity contribution in [2.45, 2.75) is 65.3 Å². The topological polar surface area (TPSA) is 106 Å². The van der Waals surface area contributed by atoms with Crippen LogP contribution < -0.4 is 5.73 Å². The van der Waals surface area contributed by atoms with E-state index in [1.165, 1.54) is 0 Å². The summed E-state index contributed by atoms with van der Waals surface area (Å²) >= 11 is 0. The average molecular weight is 297 g/mol. The van der Waals surface area contributed by atoms with Gasteiger partial charge in [0.2, 0.25) is 5.78 Å². The van der Waals surface area contributed by atoms with Gasteiger partial charge in [-0.25, -0.2) is 0 Å². The van der Waals surface area contributed by atoms with E-state index >= 15 is 0 Å². The number of nitrogens with two attached hydrogens (primary N) is 1. The van der Waals surface area contributed by atoms with Crippen LogP contribution in [0.5, 0.6) is 0 Å². The van der Waals surface area contributed by atoms with Crippen LogP contribution in [-0.2, 0) is 14.3 Å². The highest BCUT2D eigenvalue weighted by Gasteiger charge is 2.18. The van der Waals surface area contributed by atoms with E-state index in [0.29, 0.717) is 38.0 Å². The smallest absolute Gasteiger partial charge is 0.334 e. The van der Waals surface area contributed by atoms with E-state index in [4.69, 9.17) is 16.0 Å². The van der Waals surface area contributed by atoms with Crippen LogP contribution in [0, 0.1) is 5.92 Å². The molecular formula is C15H27N3O3. The Morgan fingerprint density at radius 1 is 1.24 bits per heavy atom. The molecule has 6 nitrogen and oxygen atoms in total. The summed E-state index contributed by atoms with van der Waals surface area (Å²) in [6, 6.07) is -0.579. The SMILES string of the molecule is CCCC(=[N+]=[N-])C(=O)CCCCOC(=O)[C@@H](N)CC(C)C. The molecular weight excluding hydrogens is 270 g/mol. The average Bonchev–Trinajstić information content (AvgIpc) is 2.43. The van der Waals surface area contributed by atoms with Crippen molar-refractivity contribution in [1.82, 2.24) is 0 Å². The number of Topliss-reactive ketones (excluding diaryl/α,β-unsaturated/α-hetero) is 1. The Morgan fingerprint density at radius 3 is 2.43 bits per heavy atom. The van der Waals surface area contributed by atoms with Crippen LogP contribution in [0.3, 0.4) is 0 Å². The Labute approximate surface area is 126 Å². The molecule has 1 atom stereocenters. The number of rotatable bonds is 11. The van der Waals surface area contributed by atoms with E-state index in [9.17, 15) is 9.59 Å². The molecule has 0 unspecified atom stereocenters. The van der Waals surface area contributed by atoms with Gasteiger partial charge in [0.05, 0.1) is 13.0 Å². The van der Waals surface area contributed by atoms with Gasteiger partial charge in [-0.2, -0.15) is 4.79 Å². The highest BCUT2D eigenvalue weighted by molar-refractivity contribution is 6.37. The van der Waals surface area contributed by atoms with Crippen LogP contribution >= 0.6 is 0 Å². The molecule has 0 fully saturated rings. The highest BCUT2D eigenvalue weighted by Crippen LogP contribution is 2.05. The van der Waals surface area contributed by atoms with E-state index in [-0.39, 0.29) is 18.1 Å². The minimum atomic E-state index is -0.579. The molecule has 0 heterocycles. The molecule has 0 radical (unpaired) electrons. The first-order valence-corrected chi connectivity index (χ1v) is 7.58. The van der Waals surface area contributed by atoms with Gasteiger partial charge in [-0.05, 0) is 31.6 Å². The minimum absolute atomic E-state index is 0.151. The van der Waals surface area contributed by atoms with Crippen molar-refractivity contribution in [2.24, 2.45) is 11.7 Å². The van der Waals surface area contributed by atoms with Gasteiger partial charge in [-0.3, -0.25) is 9.59 Å². The lowest BCUT2D eigenvalue weighted by atomic mass is 10.0. The summed E-state index contributed by atoms with van der Waals surface area (Å²) < 4.78 is 5.07. The number of nitrogens with zero attached hydrogens (tertiary/aromatic N) is 2. The fourth-order valence-corrected chi connectivity index (χ4v) is 1.90. The van der Waals surface area contributed by atoms with Gasteiger partial charge < -0.3 is 16.0 Å². The highest BCUT2D eigenvalue weighted by atomic mass is 16.5. The van der Waals surface area contributed by atoms with Gasteiger partial charge >= 0.3 is 11.7 Å². The van der Waals surface area contributed by atoms with Crippen LogP contribution in [0.1, 0.15) is 59.3 Å². The first-order chi connectivity index (χ1) is 9.92. The number of unbranched alkanes of at least 4 members (excludes halogenated alkanes) is 1. The van der Waals surface area contributed by atoms with Gasteiger partial charge in [-0.1, -0.05) is 20.8 Å². The summed E-state index contributed by atoms with van der Waals surface area (Å²) in [6.45, 7) is 6.17. The second-order valence-corrected chi connectivity index (χ2v) is 5.58. The first-order valence-electron chi connectivity index (χ1n) is 7.58. The zero-order valence-corrected chi connectivity index (χ0v) is 13.3.